The van der Waals surface area contributed by atoms with Crippen molar-refractivity contribution in [2.75, 3.05) is 0 Å². The van der Waals surface area contributed by atoms with E-state index in [1.54, 1.807) is 60.1 Å². The number of carbonyl (C=O) groups is 1. The van der Waals surface area contributed by atoms with E-state index in [-0.39, 0.29) is 16.9 Å². The SMILES string of the molecule is O=C(NO)C1=CCC(c2cccc(Cl)c2)N(S(=O)(=O)c2ccc(Cl)cc2)[C@H]1c1cccc(Cl)c1. The Bertz CT molecular complexity index is 1360. The maximum Gasteiger partial charge on any atom is 0.272 e. The zero-order chi connectivity index (χ0) is 24.5. The van der Waals surface area contributed by atoms with Gasteiger partial charge in [-0.1, -0.05) is 65.1 Å². The van der Waals surface area contributed by atoms with Crippen LogP contribution in [-0.4, -0.2) is 23.8 Å². The molecule has 6 nitrogen and oxygen atoms in total. The van der Waals surface area contributed by atoms with Crippen molar-refractivity contribution in [1.29, 1.82) is 0 Å². The van der Waals surface area contributed by atoms with Gasteiger partial charge in [0.1, 0.15) is 0 Å². The minimum absolute atomic E-state index is 0.00149. The number of nitrogens with one attached hydrogen (secondary N) is 1. The summed E-state index contributed by atoms with van der Waals surface area (Å²) in [7, 11) is -4.19. The topological polar surface area (TPSA) is 86.7 Å². The van der Waals surface area contributed by atoms with E-state index in [1.165, 1.54) is 28.6 Å². The number of nitrogens with zero attached hydrogens (tertiary/aromatic N) is 1. The van der Waals surface area contributed by atoms with Crippen molar-refractivity contribution < 1.29 is 18.4 Å². The van der Waals surface area contributed by atoms with E-state index >= 15 is 0 Å². The lowest BCUT2D eigenvalue weighted by Gasteiger charge is -2.41. The molecule has 0 bridgehead atoms. The molecule has 1 aliphatic heterocycles. The third kappa shape index (κ3) is 4.86. The highest BCUT2D eigenvalue weighted by molar-refractivity contribution is 7.89. The molecule has 10 heteroatoms. The first-order valence-electron chi connectivity index (χ1n) is 10.2. The third-order valence-electron chi connectivity index (χ3n) is 5.57. The minimum Gasteiger partial charge on any atom is -0.288 e. The Morgan fingerprint density at radius 2 is 1.47 bits per heavy atom. The predicted octanol–water partition coefficient (Wildman–Crippen LogP) is 5.96. The molecular formula is C24H19Cl3N2O4S. The average molecular weight is 538 g/mol. The molecule has 0 saturated carbocycles. The number of benzene rings is 3. The van der Waals surface area contributed by atoms with Gasteiger partial charge in [0.15, 0.2) is 0 Å². The fourth-order valence-corrected chi connectivity index (χ4v) is 6.39. The Kier molecular flexibility index (Phi) is 7.33. The van der Waals surface area contributed by atoms with Crippen LogP contribution in [0.1, 0.15) is 29.6 Å². The van der Waals surface area contributed by atoms with E-state index in [2.05, 4.69) is 0 Å². The van der Waals surface area contributed by atoms with Gasteiger partial charge in [-0.25, -0.2) is 13.9 Å². The van der Waals surface area contributed by atoms with Crippen molar-refractivity contribution in [3.8, 4) is 0 Å². The van der Waals surface area contributed by atoms with Gasteiger partial charge in [-0.05, 0) is 66.1 Å². The summed E-state index contributed by atoms with van der Waals surface area (Å²) in [6.07, 6.45) is 1.80. The van der Waals surface area contributed by atoms with Crippen LogP contribution in [-0.2, 0) is 14.8 Å². The summed E-state index contributed by atoms with van der Waals surface area (Å²) >= 11 is 18.4. The number of hydroxylamine groups is 1. The van der Waals surface area contributed by atoms with E-state index in [9.17, 15) is 18.4 Å². The van der Waals surface area contributed by atoms with Gasteiger partial charge in [-0.15, -0.1) is 0 Å². The molecule has 0 spiro atoms. The average Bonchev–Trinajstić information content (AvgIpc) is 2.83. The van der Waals surface area contributed by atoms with Crippen molar-refractivity contribution >= 4 is 50.7 Å². The van der Waals surface area contributed by atoms with Crippen molar-refractivity contribution in [3.63, 3.8) is 0 Å². The van der Waals surface area contributed by atoms with Gasteiger partial charge in [-0.2, -0.15) is 4.31 Å². The van der Waals surface area contributed by atoms with E-state index < -0.39 is 28.0 Å². The number of halogens is 3. The molecule has 3 aromatic rings. The van der Waals surface area contributed by atoms with Gasteiger partial charge >= 0.3 is 0 Å². The summed E-state index contributed by atoms with van der Waals surface area (Å²) in [6.45, 7) is 0. The van der Waals surface area contributed by atoms with Crippen LogP contribution in [0.4, 0.5) is 0 Å². The van der Waals surface area contributed by atoms with E-state index in [0.717, 1.165) is 0 Å². The lowest BCUT2D eigenvalue weighted by atomic mass is 9.89. The first kappa shape index (κ1) is 24.7. The number of hydrogen-bond donors (Lipinski definition) is 2. The Hall–Kier alpha value is -2.39. The number of rotatable bonds is 5. The summed E-state index contributed by atoms with van der Waals surface area (Å²) in [5, 5.41) is 10.6. The molecule has 0 aliphatic carbocycles. The Morgan fingerprint density at radius 1 is 0.882 bits per heavy atom. The molecule has 0 saturated heterocycles. The normalized spacial score (nSPS) is 18.9. The highest BCUT2D eigenvalue weighted by Gasteiger charge is 2.44. The number of carbonyl (C=O) groups excluding carboxylic acids is 1. The number of amides is 1. The van der Waals surface area contributed by atoms with Gasteiger partial charge < -0.3 is 0 Å². The second kappa shape index (κ2) is 10.1. The lowest BCUT2D eigenvalue weighted by Crippen LogP contribution is -2.43. The van der Waals surface area contributed by atoms with Crippen LogP contribution >= 0.6 is 34.8 Å². The van der Waals surface area contributed by atoms with Crippen LogP contribution in [0.15, 0.2) is 89.3 Å². The molecule has 1 heterocycles. The lowest BCUT2D eigenvalue weighted by molar-refractivity contribution is -0.126. The maximum atomic E-state index is 14.1. The van der Waals surface area contributed by atoms with E-state index in [0.29, 0.717) is 26.2 Å². The molecule has 2 atom stereocenters. The zero-order valence-corrected chi connectivity index (χ0v) is 20.6. The molecule has 1 amide bonds. The van der Waals surface area contributed by atoms with E-state index in [1.807, 2.05) is 0 Å². The highest BCUT2D eigenvalue weighted by atomic mass is 35.5. The van der Waals surface area contributed by atoms with Crippen LogP contribution in [0.3, 0.4) is 0 Å². The van der Waals surface area contributed by atoms with Gasteiger partial charge in [-0.3, -0.25) is 10.0 Å². The summed E-state index contributed by atoms with van der Waals surface area (Å²) in [5.41, 5.74) is 2.82. The van der Waals surface area contributed by atoms with Crippen molar-refractivity contribution in [2.24, 2.45) is 0 Å². The Labute approximate surface area is 212 Å². The second-order valence-corrected chi connectivity index (χ2v) is 10.8. The Morgan fingerprint density at radius 3 is 2.06 bits per heavy atom. The van der Waals surface area contributed by atoms with Crippen molar-refractivity contribution in [1.82, 2.24) is 9.79 Å². The third-order valence-corrected chi connectivity index (χ3v) is 8.18. The summed E-state index contributed by atoms with van der Waals surface area (Å²) < 4.78 is 29.4. The fourth-order valence-electron chi connectivity index (χ4n) is 4.09. The standard InChI is InChI=1S/C24H19Cl3N2O4S/c25-17-7-9-20(10-8-17)34(32,33)29-22(15-3-1-5-18(26)13-15)12-11-21(24(30)28-31)23(29)16-4-2-6-19(27)14-16/h1-11,13-14,22-23,31H,12H2,(H,28,30)/t22?,23-/m0/s1. The zero-order valence-electron chi connectivity index (χ0n) is 17.5. The summed E-state index contributed by atoms with van der Waals surface area (Å²) in [5.74, 6) is -0.814. The first-order chi connectivity index (χ1) is 16.2. The predicted molar refractivity (Wildman–Crippen MR) is 131 cm³/mol. The highest BCUT2D eigenvalue weighted by Crippen LogP contribution is 2.46. The van der Waals surface area contributed by atoms with Crippen LogP contribution in [0.2, 0.25) is 15.1 Å². The van der Waals surface area contributed by atoms with Gasteiger partial charge in [0.25, 0.3) is 5.91 Å². The van der Waals surface area contributed by atoms with Crippen LogP contribution in [0, 0.1) is 0 Å². The first-order valence-corrected chi connectivity index (χ1v) is 12.7. The molecule has 4 rings (SSSR count). The molecule has 0 fully saturated rings. The monoisotopic (exact) mass is 536 g/mol. The Balaban J connectivity index is 1.99. The molecule has 0 radical (unpaired) electrons. The summed E-state index contributed by atoms with van der Waals surface area (Å²) in [4.78, 5) is 12.7. The molecule has 1 unspecified atom stereocenters. The molecule has 34 heavy (non-hydrogen) atoms. The summed E-state index contributed by atoms with van der Waals surface area (Å²) in [6, 6.07) is 17.5. The van der Waals surface area contributed by atoms with Gasteiger partial charge in [0.2, 0.25) is 10.0 Å². The van der Waals surface area contributed by atoms with Gasteiger partial charge in [0, 0.05) is 20.6 Å². The van der Waals surface area contributed by atoms with Gasteiger partial charge in [0.05, 0.1) is 17.0 Å². The molecule has 3 aromatic carbocycles. The van der Waals surface area contributed by atoms with Crippen LogP contribution in [0.25, 0.3) is 0 Å². The molecule has 176 valence electrons. The smallest absolute Gasteiger partial charge is 0.272 e. The number of hydrogen-bond acceptors (Lipinski definition) is 4. The van der Waals surface area contributed by atoms with Crippen molar-refractivity contribution in [3.05, 3.63) is 111 Å². The fraction of sp³-hybridized carbons (Fsp3) is 0.125. The van der Waals surface area contributed by atoms with Crippen LogP contribution in [0.5, 0.6) is 0 Å². The minimum atomic E-state index is -4.19. The largest absolute Gasteiger partial charge is 0.288 e. The number of sulfonamides is 1. The quantitative estimate of drug-likeness (QED) is 0.311. The molecule has 2 N–H and O–H groups in total. The molecule has 1 aliphatic rings. The van der Waals surface area contributed by atoms with E-state index in [4.69, 9.17) is 34.8 Å². The maximum absolute atomic E-state index is 14.1. The van der Waals surface area contributed by atoms with Crippen LogP contribution < -0.4 is 5.48 Å². The molecular weight excluding hydrogens is 519 g/mol. The second-order valence-electron chi connectivity index (χ2n) is 7.65. The van der Waals surface area contributed by atoms with Crippen molar-refractivity contribution in [2.45, 2.75) is 23.4 Å². The molecule has 0 aromatic heterocycles.